The van der Waals surface area contributed by atoms with Crippen molar-refractivity contribution in [1.29, 1.82) is 0 Å². The van der Waals surface area contributed by atoms with Crippen LogP contribution in [0.4, 0.5) is 17.1 Å². The maximum atomic E-state index is 13.0. The zero-order valence-electron chi connectivity index (χ0n) is 18.0. The summed E-state index contributed by atoms with van der Waals surface area (Å²) in [5, 5.41) is 2.83. The lowest BCUT2D eigenvalue weighted by Crippen LogP contribution is -2.19. The molecule has 9 nitrogen and oxygen atoms in total. The molecular formula is C23H23N5O4S. The van der Waals surface area contributed by atoms with E-state index in [1.807, 2.05) is 37.1 Å². The number of aromatic amines is 2. The van der Waals surface area contributed by atoms with Crippen LogP contribution < -0.4 is 20.6 Å². The molecular weight excluding hydrogens is 442 g/mol. The fourth-order valence-electron chi connectivity index (χ4n) is 3.35. The van der Waals surface area contributed by atoms with Gasteiger partial charge in [-0.05, 0) is 55.5 Å². The molecule has 0 unspecified atom stereocenters. The second kappa shape index (κ2) is 8.83. The lowest BCUT2D eigenvalue weighted by atomic mass is 10.1. The smallest absolute Gasteiger partial charge is 0.323 e. The molecule has 0 saturated carbocycles. The van der Waals surface area contributed by atoms with E-state index in [0.717, 1.165) is 12.2 Å². The Morgan fingerprint density at radius 1 is 0.970 bits per heavy atom. The molecule has 0 bridgehead atoms. The van der Waals surface area contributed by atoms with E-state index in [-0.39, 0.29) is 16.1 Å². The van der Waals surface area contributed by atoms with E-state index in [1.165, 1.54) is 24.3 Å². The first-order chi connectivity index (χ1) is 15.8. The quantitative estimate of drug-likeness (QED) is 0.333. The molecule has 0 atom stereocenters. The van der Waals surface area contributed by atoms with Crippen LogP contribution in [0.25, 0.3) is 11.0 Å². The molecule has 1 aromatic heterocycles. The highest BCUT2D eigenvalue weighted by Crippen LogP contribution is 2.24. The third kappa shape index (κ3) is 4.75. The Hall–Kier alpha value is -4.05. The summed E-state index contributed by atoms with van der Waals surface area (Å²) in [6, 6.07) is 18.0. The van der Waals surface area contributed by atoms with Gasteiger partial charge in [-0.2, -0.15) is 0 Å². The fourth-order valence-corrected chi connectivity index (χ4v) is 4.46. The van der Waals surface area contributed by atoms with Gasteiger partial charge in [0.2, 0.25) is 0 Å². The van der Waals surface area contributed by atoms with Crippen LogP contribution in [0.2, 0.25) is 0 Å². The third-order valence-electron chi connectivity index (χ3n) is 5.23. The average molecular weight is 466 g/mol. The molecule has 0 radical (unpaired) electrons. The van der Waals surface area contributed by atoms with E-state index in [9.17, 15) is 18.0 Å². The lowest BCUT2D eigenvalue weighted by Gasteiger charge is -2.18. The number of hydrogen-bond donors (Lipinski definition) is 4. The Bertz CT molecular complexity index is 1490. The van der Waals surface area contributed by atoms with E-state index in [0.29, 0.717) is 16.7 Å². The summed E-state index contributed by atoms with van der Waals surface area (Å²) < 4.78 is 28.5. The first kappa shape index (κ1) is 22.2. The van der Waals surface area contributed by atoms with Gasteiger partial charge in [-0.25, -0.2) is 13.2 Å². The number of carbonyl (C=O) groups is 1. The fraction of sp³-hybridized carbons (Fsp3) is 0.130. The van der Waals surface area contributed by atoms with Crippen LogP contribution in [0.15, 0.2) is 76.4 Å². The van der Waals surface area contributed by atoms with Gasteiger partial charge >= 0.3 is 5.69 Å². The monoisotopic (exact) mass is 465 g/mol. The molecule has 0 saturated heterocycles. The first-order valence-corrected chi connectivity index (χ1v) is 11.7. The van der Waals surface area contributed by atoms with E-state index < -0.39 is 21.6 Å². The van der Waals surface area contributed by atoms with Crippen LogP contribution in [0, 0.1) is 0 Å². The van der Waals surface area contributed by atoms with Crippen LogP contribution in [0.1, 0.15) is 17.3 Å². The summed E-state index contributed by atoms with van der Waals surface area (Å²) in [4.78, 5) is 31.5. The van der Waals surface area contributed by atoms with Gasteiger partial charge in [-0.1, -0.05) is 18.2 Å². The molecule has 4 aromatic rings. The number of rotatable bonds is 7. The van der Waals surface area contributed by atoms with Crippen molar-refractivity contribution in [2.75, 3.05) is 28.5 Å². The Morgan fingerprint density at radius 2 is 1.73 bits per heavy atom. The van der Waals surface area contributed by atoms with Crippen LogP contribution in [-0.2, 0) is 10.0 Å². The number of imidazole rings is 1. The maximum Gasteiger partial charge on any atom is 0.323 e. The number of amides is 1. The van der Waals surface area contributed by atoms with Crippen LogP contribution in [0.3, 0.4) is 0 Å². The van der Waals surface area contributed by atoms with Crippen molar-refractivity contribution in [1.82, 2.24) is 9.97 Å². The van der Waals surface area contributed by atoms with Crippen molar-refractivity contribution in [3.63, 3.8) is 0 Å². The highest BCUT2D eigenvalue weighted by Gasteiger charge is 2.19. The van der Waals surface area contributed by atoms with Gasteiger partial charge in [-0.3, -0.25) is 9.52 Å². The minimum absolute atomic E-state index is 0.0456. The van der Waals surface area contributed by atoms with Crippen LogP contribution in [-0.4, -0.2) is 37.9 Å². The number of H-pyrrole nitrogens is 2. The highest BCUT2D eigenvalue weighted by atomic mass is 32.2. The van der Waals surface area contributed by atoms with Crippen LogP contribution in [0.5, 0.6) is 0 Å². The van der Waals surface area contributed by atoms with Crippen molar-refractivity contribution in [2.24, 2.45) is 0 Å². The molecule has 33 heavy (non-hydrogen) atoms. The number of fused-ring (bicyclic) bond motifs is 1. The summed E-state index contributed by atoms with van der Waals surface area (Å²) in [5.74, 6) is -0.449. The molecule has 4 rings (SSSR count). The standard InChI is InChI=1S/C23H23N5O4S/c1-3-28(2)16-8-6-7-15(13-16)24-22(29)18-9-4-5-10-19(18)27-33(31,32)17-11-12-20-21(14-17)26-23(30)25-20/h4-14,27H,3H2,1-2H3,(H,24,29)(H2,25,26,30). The zero-order chi connectivity index (χ0) is 23.6. The molecule has 0 spiro atoms. The van der Waals surface area contributed by atoms with Crippen molar-refractivity contribution in [2.45, 2.75) is 11.8 Å². The number of hydrogen-bond acceptors (Lipinski definition) is 5. The molecule has 0 aliphatic carbocycles. The number of nitrogens with one attached hydrogen (secondary N) is 4. The highest BCUT2D eigenvalue weighted by molar-refractivity contribution is 7.92. The molecule has 0 fully saturated rings. The summed E-state index contributed by atoms with van der Waals surface area (Å²) >= 11 is 0. The maximum absolute atomic E-state index is 13.0. The Balaban J connectivity index is 1.60. The summed E-state index contributed by atoms with van der Waals surface area (Å²) in [7, 11) is -2.07. The Morgan fingerprint density at radius 3 is 2.52 bits per heavy atom. The number of benzene rings is 3. The SMILES string of the molecule is CCN(C)c1cccc(NC(=O)c2ccccc2NS(=O)(=O)c2ccc3[nH]c(=O)[nH]c3c2)c1. The van der Waals surface area contributed by atoms with Crippen molar-refractivity contribution >= 4 is 44.0 Å². The Labute approximate surface area is 190 Å². The van der Waals surface area contributed by atoms with Gasteiger partial charge in [0.05, 0.1) is 27.2 Å². The van der Waals surface area contributed by atoms with E-state index in [1.54, 1.807) is 24.3 Å². The van der Waals surface area contributed by atoms with E-state index >= 15 is 0 Å². The first-order valence-electron chi connectivity index (χ1n) is 10.2. The summed E-state index contributed by atoms with van der Waals surface area (Å²) in [5.41, 5.74) is 2.29. The number of carbonyl (C=O) groups excluding carboxylic acids is 1. The lowest BCUT2D eigenvalue weighted by molar-refractivity contribution is 0.102. The molecule has 4 N–H and O–H groups in total. The molecule has 1 heterocycles. The number of sulfonamides is 1. The summed E-state index contributed by atoms with van der Waals surface area (Å²) in [6.45, 7) is 2.84. The van der Waals surface area contributed by atoms with Gasteiger partial charge in [0.1, 0.15) is 0 Å². The van der Waals surface area contributed by atoms with Crippen molar-refractivity contribution < 1.29 is 13.2 Å². The number of aromatic nitrogens is 2. The molecule has 0 aliphatic heterocycles. The van der Waals surface area contributed by atoms with Gasteiger partial charge in [-0.15, -0.1) is 0 Å². The minimum Gasteiger partial charge on any atom is -0.375 e. The predicted molar refractivity (Wildman–Crippen MR) is 130 cm³/mol. The predicted octanol–water partition coefficient (Wildman–Crippen LogP) is 3.37. The van der Waals surface area contributed by atoms with Crippen molar-refractivity contribution in [3.8, 4) is 0 Å². The largest absolute Gasteiger partial charge is 0.375 e. The second-order valence-corrected chi connectivity index (χ2v) is 9.14. The molecule has 10 heteroatoms. The van der Waals surface area contributed by atoms with Gasteiger partial charge in [0.25, 0.3) is 15.9 Å². The van der Waals surface area contributed by atoms with Gasteiger partial charge in [0, 0.05) is 25.0 Å². The van der Waals surface area contributed by atoms with E-state index in [4.69, 9.17) is 0 Å². The molecule has 3 aromatic carbocycles. The average Bonchev–Trinajstić information content (AvgIpc) is 3.18. The minimum atomic E-state index is -4.02. The van der Waals surface area contributed by atoms with E-state index in [2.05, 4.69) is 20.0 Å². The Kier molecular flexibility index (Phi) is 5.93. The second-order valence-electron chi connectivity index (χ2n) is 7.46. The number of anilines is 3. The third-order valence-corrected chi connectivity index (χ3v) is 6.60. The van der Waals surface area contributed by atoms with Crippen molar-refractivity contribution in [3.05, 3.63) is 82.8 Å². The van der Waals surface area contributed by atoms with Crippen LogP contribution >= 0.6 is 0 Å². The number of nitrogens with zero attached hydrogens (tertiary/aromatic N) is 1. The van der Waals surface area contributed by atoms with Gasteiger partial charge < -0.3 is 20.2 Å². The zero-order valence-corrected chi connectivity index (χ0v) is 18.9. The van der Waals surface area contributed by atoms with Gasteiger partial charge in [0.15, 0.2) is 0 Å². The molecule has 0 aliphatic rings. The summed E-state index contributed by atoms with van der Waals surface area (Å²) in [6.07, 6.45) is 0. The molecule has 1 amide bonds. The number of para-hydroxylation sites is 1. The molecule has 170 valence electrons. The topological polar surface area (TPSA) is 127 Å². The normalized spacial score (nSPS) is 11.3.